The van der Waals surface area contributed by atoms with E-state index in [0.29, 0.717) is 19.5 Å². The molecule has 0 saturated carbocycles. The van der Waals surface area contributed by atoms with Crippen LogP contribution in [-0.2, 0) is 37.9 Å². The second kappa shape index (κ2) is 11.9. The highest BCUT2D eigenvalue weighted by Crippen LogP contribution is 2.46. The third-order valence-electron chi connectivity index (χ3n) is 5.45. The number of Topliss-reactive ketones (excluding diaryl/α,β-unsaturated/α-hetero) is 1. The number of carbonyl (C=O) groups excluding carboxylic acids is 1. The smallest absolute Gasteiger partial charge is 0.312 e. The molecule has 3 aromatic carbocycles. The van der Waals surface area contributed by atoms with Crippen LogP contribution in [-0.4, -0.2) is 37.1 Å². The summed E-state index contributed by atoms with van der Waals surface area (Å²) in [5.41, 5.74) is 3.26. The van der Waals surface area contributed by atoms with Crippen LogP contribution in [0.4, 0.5) is 0 Å². The van der Waals surface area contributed by atoms with Crippen LogP contribution in [0.1, 0.15) is 16.7 Å². The molecule has 0 N–H and O–H groups in total. The van der Waals surface area contributed by atoms with E-state index < -0.39 is 13.6 Å². The third-order valence-corrected chi connectivity index (χ3v) is 7.26. The van der Waals surface area contributed by atoms with Gasteiger partial charge in [-0.1, -0.05) is 91.0 Å². The van der Waals surface area contributed by atoms with Crippen molar-refractivity contribution in [2.45, 2.75) is 25.6 Å². The van der Waals surface area contributed by atoms with Gasteiger partial charge in [-0.3, -0.25) is 14.3 Å². The molecule has 0 fully saturated rings. The Balaban J connectivity index is 1.96. The van der Waals surface area contributed by atoms with Crippen molar-refractivity contribution in [1.82, 2.24) is 4.90 Å². The number of nitrogens with zero attached hydrogens (tertiary/aromatic N) is 1. The van der Waals surface area contributed by atoms with E-state index >= 15 is 0 Å². The second-order valence-corrected chi connectivity index (χ2v) is 9.95. The van der Waals surface area contributed by atoms with Crippen molar-refractivity contribution in [3.63, 3.8) is 0 Å². The number of hydrogen-bond donors (Lipinski definition) is 0. The molecule has 0 heterocycles. The van der Waals surface area contributed by atoms with Gasteiger partial charge in [-0.2, -0.15) is 0 Å². The van der Waals surface area contributed by atoms with Gasteiger partial charge in [0, 0.05) is 27.3 Å². The fourth-order valence-electron chi connectivity index (χ4n) is 3.70. The molecule has 0 aliphatic heterocycles. The molecule has 0 aliphatic rings. The first-order chi connectivity index (χ1) is 15.5. The third kappa shape index (κ3) is 6.98. The van der Waals surface area contributed by atoms with Crippen LogP contribution in [0.25, 0.3) is 0 Å². The fourth-order valence-corrected chi connectivity index (χ4v) is 4.70. The zero-order chi connectivity index (χ0) is 22.8. The van der Waals surface area contributed by atoms with Crippen LogP contribution in [0.5, 0.6) is 0 Å². The molecule has 0 amide bonds. The van der Waals surface area contributed by atoms with Crippen LogP contribution < -0.4 is 0 Å². The standard InChI is InChI=1S/C26H30NO4P/c1-30-32(29,31-2)21-26(28)25(18-22-12-6-3-7-13-22)27(19-23-14-8-4-9-15-23)20-24-16-10-5-11-17-24/h3-17,25H,18-21H2,1-2H3/t25-/m0/s1. The summed E-state index contributed by atoms with van der Waals surface area (Å²) < 4.78 is 22.9. The van der Waals surface area contributed by atoms with Gasteiger partial charge in [-0.05, 0) is 23.1 Å². The maximum Gasteiger partial charge on any atom is 0.337 e. The van der Waals surface area contributed by atoms with Crippen molar-refractivity contribution >= 4 is 13.4 Å². The topological polar surface area (TPSA) is 55.8 Å². The summed E-state index contributed by atoms with van der Waals surface area (Å²) in [6.07, 6.45) is 0.240. The van der Waals surface area contributed by atoms with Crippen LogP contribution in [0.15, 0.2) is 91.0 Å². The highest BCUT2D eigenvalue weighted by atomic mass is 31.2. The van der Waals surface area contributed by atoms with Crippen molar-refractivity contribution in [3.05, 3.63) is 108 Å². The summed E-state index contributed by atoms with van der Waals surface area (Å²) in [5, 5.41) is 0. The number of ketones is 1. The summed E-state index contributed by atoms with van der Waals surface area (Å²) in [6, 6.07) is 29.6. The van der Waals surface area contributed by atoms with Crippen LogP contribution in [0.3, 0.4) is 0 Å². The minimum Gasteiger partial charge on any atom is -0.312 e. The molecule has 0 aliphatic carbocycles. The van der Waals surface area contributed by atoms with E-state index in [-0.39, 0.29) is 11.9 Å². The lowest BCUT2D eigenvalue weighted by Gasteiger charge is -2.32. The summed E-state index contributed by atoms with van der Waals surface area (Å²) >= 11 is 0. The van der Waals surface area contributed by atoms with Gasteiger partial charge in [0.15, 0.2) is 5.78 Å². The summed E-state index contributed by atoms with van der Waals surface area (Å²) in [6.45, 7) is 1.17. The van der Waals surface area contributed by atoms with Gasteiger partial charge < -0.3 is 9.05 Å². The summed E-state index contributed by atoms with van der Waals surface area (Å²) in [4.78, 5) is 15.7. The predicted octanol–water partition coefficient (Wildman–Crippen LogP) is 5.36. The van der Waals surface area contributed by atoms with Crippen LogP contribution in [0.2, 0.25) is 0 Å². The van der Waals surface area contributed by atoms with Gasteiger partial charge in [-0.25, -0.2) is 0 Å². The molecule has 3 aromatic rings. The molecule has 0 saturated heterocycles. The Labute approximate surface area is 190 Å². The van der Waals surface area contributed by atoms with E-state index in [1.54, 1.807) is 0 Å². The minimum absolute atomic E-state index is 0.159. The van der Waals surface area contributed by atoms with Crippen molar-refractivity contribution in [1.29, 1.82) is 0 Å². The Bertz CT molecular complexity index is 962. The molecular formula is C26H30NO4P. The van der Waals surface area contributed by atoms with Gasteiger partial charge in [0.1, 0.15) is 6.16 Å². The Hall–Kier alpha value is -2.56. The van der Waals surface area contributed by atoms with E-state index in [2.05, 4.69) is 29.2 Å². The molecule has 1 atom stereocenters. The molecule has 0 bridgehead atoms. The van der Waals surface area contributed by atoms with Gasteiger partial charge in [0.2, 0.25) is 0 Å². The minimum atomic E-state index is -3.48. The van der Waals surface area contributed by atoms with Crippen molar-refractivity contribution in [3.8, 4) is 0 Å². The SMILES string of the molecule is COP(=O)(CC(=O)[C@H](Cc1ccccc1)N(Cc1ccccc1)Cc1ccccc1)OC. The molecule has 0 radical (unpaired) electrons. The highest BCUT2D eigenvalue weighted by molar-refractivity contribution is 7.54. The maximum absolute atomic E-state index is 13.5. The molecular weight excluding hydrogens is 421 g/mol. The lowest BCUT2D eigenvalue weighted by atomic mass is 9.99. The van der Waals surface area contributed by atoms with Crippen molar-refractivity contribution < 1.29 is 18.4 Å². The number of benzene rings is 3. The first-order valence-electron chi connectivity index (χ1n) is 10.6. The van der Waals surface area contributed by atoms with Crippen LogP contribution in [0, 0.1) is 0 Å². The molecule has 0 aromatic heterocycles. The lowest BCUT2D eigenvalue weighted by Crippen LogP contribution is -2.43. The second-order valence-electron chi connectivity index (χ2n) is 7.68. The zero-order valence-electron chi connectivity index (χ0n) is 18.6. The average Bonchev–Trinajstić information content (AvgIpc) is 2.84. The molecule has 0 unspecified atom stereocenters. The van der Waals surface area contributed by atoms with E-state index in [4.69, 9.17) is 9.05 Å². The molecule has 0 spiro atoms. The van der Waals surface area contributed by atoms with E-state index in [1.807, 2.05) is 66.7 Å². The largest absolute Gasteiger partial charge is 0.337 e. The Morgan fingerprint density at radius 3 is 1.56 bits per heavy atom. The predicted molar refractivity (Wildman–Crippen MR) is 128 cm³/mol. The van der Waals surface area contributed by atoms with Gasteiger partial charge in [-0.15, -0.1) is 0 Å². The first kappa shape index (κ1) is 24.1. The molecule has 6 heteroatoms. The van der Waals surface area contributed by atoms with E-state index in [1.165, 1.54) is 14.2 Å². The van der Waals surface area contributed by atoms with Gasteiger partial charge in [0.05, 0.1) is 6.04 Å². The van der Waals surface area contributed by atoms with Gasteiger partial charge >= 0.3 is 7.60 Å². The Morgan fingerprint density at radius 2 is 1.16 bits per heavy atom. The molecule has 168 valence electrons. The monoisotopic (exact) mass is 451 g/mol. The normalized spacial score (nSPS) is 12.6. The quantitative estimate of drug-likeness (QED) is 0.347. The molecule has 32 heavy (non-hydrogen) atoms. The number of hydrogen-bond acceptors (Lipinski definition) is 5. The zero-order valence-corrected chi connectivity index (χ0v) is 19.5. The maximum atomic E-state index is 13.5. The van der Waals surface area contributed by atoms with E-state index in [9.17, 15) is 9.36 Å². The first-order valence-corrected chi connectivity index (χ1v) is 12.3. The Morgan fingerprint density at radius 1 is 0.750 bits per heavy atom. The van der Waals surface area contributed by atoms with E-state index in [0.717, 1.165) is 16.7 Å². The number of rotatable bonds is 12. The average molecular weight is 452 g/mol. The summed E-state index contributed by atoms with van der Waals surface area (Å²) in [5.74, 6) is -0.159. The lowest BCUT2D eigenvalue weighted by molar-refractivity contribution is -0.122. The Kier molecular flexibility index (Phi) is 8.95. The summed E-state index contributed by atoms with van der Waals surface area (Å²) in [7, 11) is -0.847. The highest BCUT2D eigenvalue weighted by Gasteiger charge is 2.33. The van der Waals surface area contributed by atoms with Crippen LogP contribution >= 0.6 is 7.60 Å². The molecule has 5 nitrogen and oxygen atoms in total. The number of carbonyl (C=O) groups is 1. The van der Waals surface area contributed by atoms with Crippen molar-refractivity contribution in [2.24, 2.45) is 0 Å². The fraction of sp³-hybridized carbons (Fsp3) is 0.269. The van der Waals surface area contributed by atoms with Gasteiger partial charge in [0.25, 0.3) is 0 Å². The van der Waals surface area contributed by atoms with Crippen molar-refractivity contribution in [2.75, 3.05) is 20.4 Å². The molecule has 3 rings (SSSR count).